The van der Waals surface area contributed by atoms with Gasteiger partial charge in [0.2, 0.25) is 41.4 Å². The Morgan fingerprint density at radius 1 is 0.724 bits per heavy atom. The maximum Gasteiger partial charge on any atom is 0.408 e. The fourth-order valence-electron chi connectivity index (χ4n) is 9.02. The third kappa shape index (κ3) is 18.3. The van der Waals surface area contributed by atoms with Crippen molar-refractivity contribution in [2.24, 2.45) is 29.2 Å². The molecule has 9 atom stereocenters. The predicted molar refractivity (Wildman–Crippen MR) is 280 cm³/mol. The molecule has 76 heavy (non-hydrogen) atoms. The number of H-pyrrole nitrogens is 3. The van der Waals surface area contributed by atoms with Crippen LogP contribution in [0, 0.1) is 17.8 Å². The molecular formula is C52H77N15O9. The standard InChI is InChI=1S/C52H77N15O9/c1-8-31(4)44(49(73)62-38(45(54)69)20-34-24-55-27-58-34)66-43(68)19-33(23-53)37(17-30(2)3)61-47(71)40(21-35-25-56-28-59-35)63-46(70)39(18-32-13-10-9-11-14-32)64-48(72)42-15-12-16-67(42)50(74)41(22-36-26-57-29-60-36)65-51(75)76-52(5,6)7/h9-11,13-14,24-31,33,37-42,44H,8,12,15-23,53H2,1-7H3,(H2,54,69)(H,55,58)(H,56,59)(H,57,60)(H,61,71)(H,62,73)(H,63,70)(H,64,72)(H,65,75)(H,66,68)/t31-,33-,37-,38-,39-,40-,41-,42-,44-/m0/s1. The average molecular weight is 1060 g/mol. The smallest absolute Gasteiger partial charge is 0.408 e. The Morgan fingerprint density at radius 2 is 1.28 bits per heavy atom. The number of hydrogen-bond acceptors (Lipinski definition) is 13. The Kier molecular flexibility index (Phi) is 22.1. The molecule has 0 radical (unpaired) electrons. The van der Waals surface area contributed by atoms with E-state index in [1.165, 1.54) is 42.5 Å². The van der Waals surface area contributed by atoms with Gasteiger partial charge in [0.15, 0.2) is 0 Å². The van der Waals surface area contributed by atoms with E-state index in [4.69, 9.17) is 16.2 Å². The highest BCUT2D eigenvalue weighted by molar-refractivity contribution is 5.96. The Morgan fingerprint density at radius 3 is 1.80 bits per heavy atom. The number of nitrogens with two attached hydrogens (primary N) is 2. The highest BCUT2D eigenvalue weighted by Crippen LogP contribution is 2.22. The highest BCUT2D eigenvalue weighted by atomic mass is 16.6. The predicted octanol–water partition coefficient (Wildman–Crippen LogP) is 0.977. The van der Waals surface area contributed by atoms with E-state index in [0.717, 1.165) is 0 Å². The van der Waals surface area contributed by atoms with Gasteiger partial charge in [0.05, 0.1) is 19.0 Å². The number of imidazole rings is 3. The zero-order chi connectivity index (χ0) is 55.5. The molecule has 0 spiro atoms. The number of alkyl carbamates (subject to hydrolysis) is 1. The summed E-state index contributed by atoms with van der Waals surface area (Å²) in [5, 5.41) is 17.0. The number of aromatic amines is 3. The second kappa shape index (κ2) is 28.3. The number of aromatic nitrogens is 6. The van der Waals surface area contributed by atoms with Gasteiger partial charge in [-0.05, 0) is 64.0 Å². The number of hydrogen-bond donors (Lipinski definition) is 11. The van der Waals surface area contributed by atoms with E-state index in [-0.39, 0.29) is 63.5 Å². The van der Waals surface area contributed by atoms with Crippen LogP contribution in [0.15, 0.2) is 67.9 Å². The normalized spacial score (nSPS) is 16.7. The largest absolute Gasteiger partial charge is 0.444 e. The van der Waals surface area contributed by atoms with Crippen molar-refractivity contribution in [3.63, 3.8) is 0 Å². The fourth-order valence-corrected chi connectivity index (χ4v) is 9.02. The number of benzene rings is 1. The fraction of sp³-hybridized carbons (Fsp3) is 0.558. The zero-order valence-corrected chi connectivity index (χ0v) is 44.5. The number of carbonyl (C=O) groups is 8. The zero-order valence-electron chi connectivity index (χ0n) is 44.5. The first-order chi connectivity index (χ1) is 36.1. The van der Waals surface area contributed by atoms with Gasteiger partial charge in [-0.3, -0.25) is 33.6 Å². The minimum Gasteiger partial charge on any atom is -0.444 e. The lowest BCUT2D eigenvalue weighted by atomic mass is 9.88. The van der Waals surface area contributed by atoms with Gasteiger partial charge in [-0.25, -0.2) is 19.7 Å². The van der Waals surface area contributed by atoms with Crippen LogP contribution in [0.1, 0.15) is 103 Å². The van der Waals surface area contributed by atoms with E-state index in [1.54, 1.807) is 52.0 Å². The number of carbonyl (C=O) groups excluding carboxylic acids is 8. The summed E-state index contributed by atoms with van der Waals surface area (Å²) in [5.74, 6) is -5.30. The topological polar surface area (TPSA) is 359 Å². The van der Waals surface area contributed by atoms with Gasteiger partial charge in [0.25, 0.3) is 0 Å². The van der Waals surface area contributed by atoms with Gasteiger partial charge in [0, 0.05) is 86.3 Å². The van der Waals surface area contributed by atoms with Crippen LogP contribution in [-0.4, -0.2) is 143 Å². The number of likely N-dealkylation sites (tertiary alicyclic amines) is 1. The molecule has 5 rings (SSSR count). The van der Waals surface area contributed by atoms with Crippen molar-refractivity contribution in [3.05, 3.63) is 90.5 Å². The molecule has 8 amide bonds. The van der Waals surface area contributed by atoms with Crippen LogP contribution in [0.3, 0.4) is 0 Å². The van der Waals surface area contributed by atoms with Crippen molar-refractivity contribution in [2.75, 3.05) is 13.1 Å². The lowest BCUT2D eigenvalue weighted by Crippen LogP contribution is -2.59. The van der Waals surface area contributed by atoms with Gasteiger partial charge in [0.1, 0.15) is 41.9 Å². The second-order valence-electron chi connectivity index (χ2n) is 20.9. The summed E-state index contributed by atoms with van der Waals surface area (Å²) in [5.41, 5.74) is 13.5. The second-order valence-corrected chi connectivity index (χ2v) is 20.9. The van der Waals surface area contributed by atoms with E-state index in [0.29, 0.717) is 41.9 Å². The lowest BCUT2D eigenvalue weighted by molar-refractivity contribution is -0.141. The maximum absolute atomic E-state index is 14.7. The molecule has 3 aromatic heterocycles. The molecule has 0 unspecified atom stereocenters. The molecule has 1 aromatic carbocycles. The van der Waals surface area contributed by atoms with Crippen LogP contribution in [-0.2, 0) is 64.0 Å². The van der Waals surface area contributed by atoms with Gasteiger partial charge < -0.3 is 68.0 Å². The summed E-state index contributed by atoms with van der Waals surface area (Å²) < 4.78 is 5.47. The minimum absolute atomic E-state index is 0.00338. The quantitative estimate of drug-likeness (QED) is 0.0378. The molecule has 1 saturated heterocycles. The van der Waals surface area contributed by atoms with E-state index in [2.05, 4.69) is 61.8 Å². The van der Waals surface area contributed by atoms with E-state index < -0.39 is 101 Å². The number of nitrogens with zero attached hydrogens (tertiary/aromatic N) is 4. The summed E-state index contributed by atoms with van der Waals surface area (Å²) in [4.78, 5) is 133. The first kappa shape index (κ1) is 59.2. The van der Waals surface area contributed by atoms with Crippen molar-refractivity contribution < 1.29 is 43.1 Å². The highest BCUT2D eigenvalue weighted by Gasteiger charge is 2.41. The Bertz CT molecular complexity index is 2500. The monoisotopic (exact) mass is 1060 g/mol. The Balaban J connectivity index is 1.34. The van der Waals surface area contributed by atoms with Crippen molar-refractivity contribution in [3.8, 4) is 0 Å². The number of nitrogens with one attached hydrogen (secondary N) is 9. The molecule has 0 bridgehead atoms. The number of primary amides is 1. The van der Waals surface area contributed by atoms with Crippen molar-refractivity contribution in [1.82, 2.24) is 66.7 Å². The Hall–Kier alpha value is -7.63. The molecule has 0 saturated carbocycles. The molecule has 1 aliphatic rings. The summed E-state index contributed by atoms with van der Waals surface area (Å²) in [7, 11) is 0. The molecule has 4 heterocycles. The molecular weight excluding hydrogens is 979 g/mol. The lowest BCUT2D eigenvalue weighted by Gasteiger charge is -2.32. The van der Waals surface area contributed by atoms with Crippen LogP contribution >= 0.6 is 0 Å². The minimum atomic E-state index is -1.24. The van der Waals surface area contributed by atoms with Crippen LogP contribution < -0.4 is 43.4 Å². The SMILES string of the molecule is CC[C@H](C)[C@H](NC(=O)C[C@@H](CN)[C@H](CC(C)C)NC(=O)[C@H](Cc1cnc[nH]1)NC(=O)[C@H](Cc1ccccc1)NC(=O)[C@@H]1CCCN1C(=O)[C@H](Cc1cnc[nH]1)NC(=O)OC(C)(C)C)C(=O)N[C@@H](Cc1cnc[nH]1)C(N)=O. The number of amides is 8. The molecule has 24 nitrogen and oxygen atoms in total. The molecule has 4 aromatic rings. The average Bonchev–Trinajstić information content (AvgIpc) is 4.23. The van der Waals surface area contributed by atoms with Gasteiger partial charge >= 0.3 is 6.09 Å². The van der Waals surface area contributed by atoms with Crippen LogP contribution in [0.2, 0.25) is 0 Å². The molecule has 414 valence electrons. The molecule has 13 N–H and O–H groups in total. The molecule has 0 aliphatic carbocycles. The van der Waals surface area contributed by atoms with Gasteiger partial charge in [-0.2, -0.15) is 0 Å². The third-order valence-corrected chi connectivity index (χ3v) is 13.2. The third-order valence-electron chi connectivity index (χ3n) is 13.2. The summed E-state index contributed by atoms with van der Waals surface area (Å²) in [6, 6.07) is 1.56. The first-order valence-electron chi connectivity index (χ1n) is 25.9. The van der Waals surface area contributed by atoms with Crippen molar-refractivity contribution in [1.29, 1.82) is 0 Å². The first-order valence-corrected chi connectivity index (χ1v) is 25.9. The van der Waals surface area contributed by atoms with E-state index >= 15 is 0 Å². The van der Waals surface area contributed by atoms with E-state index in [1.807, 2.05) is 26.8 Å². The van der Waals surface area contributed by atoms with Crippen LogP contribution in [0.4, 0.5) is 4.79 Å². The van der Waals surface area contributed by atoms with Crippen molar-refractivity contribution in [2.45, 2.75) is 154 Å². The van der Waals surface area contributed by atoms with Gasteiger partial charge in [-0.15, -0.1) is 0 Å². The number of ether oxygens (including phenoxy) is 1. The van der Waals surface area contributed by atoms with E-state index in [9.17, 15) is 38.4 Å². The molecule has 1 fully saturated rings. The summed E-state index contributed by atoms with van der Waals surface area (Å²) in [6.45, 7) is 12.8. The van der Waals surface area contributed by atoms with Gasteiger partial charge in [-0.1, -0.05) is 64.4 Å². The maximum atomic E-state index is 14.7. The summed E-state index contributed by atoms with van der Waals surface area (Å²) >= 11 is 0. The van der Waals surface area contributed by atoms with Crippen LogP contribution in [0.25, 0.3) is 0 Å². The van der Waals surface area contributed by atoms with Crippen molar-refractivity contribution >= 4 is 47.4 Å². The number of rotatable bonds is 28. The van der Waals surface area contributed by atoms with Crippen LogP contribution in [0.5, 0.6) is 0 Å². The molecule has 24 heteroatoms. The summed E-state index contributed by atoms with van der Waals surface area (Å²) in [6.07, 6.45) is 9.59. The Labute approximate surface area is 443 Å². The molecule has 1 aliphatic heterocycles.